The molecule has 3 aliphatic rings. The van der Waals surface area contributed by atoms with E-state index in [4.69, 9.17) is 35.9 Å². The van der Waals surface area contributed by atoms with Crippen LogP contribution in [0.15, 0.2) is 40.2 Å². The molecular weight excluding hydrogens is 599 g/mol. The molecule has 3 heterocycles. The highest BCUT2D eigenvalue weighted by Gasteiger charge is 2.58. The fourth-order valence-electron chi connectivity index (χ4n) is 4.61. The number of hydrogen-bond donors (Lipinski definition) is 6. The average Bonchev–Trinajstić information content (AvgIpc) is 3.35. The average molecular weight is 635 g/mol. The zero-order valence-electron chi connectivity index (χ0n) is 22.9. The number of carbonyl (C=O) groups is 1. The maximum Gasteiger partial charge on any atom is 0.459 e. The molecule has 7 N–H and O–H groups in total. The Morgan fingerprint density at radius 3 is 2.66 bits per heavy atom. The van der Waals surface area contributed by atoms with Crippen molar-refractivity contribution in [2.75, 3.05) is 6.61 Å². The SMILES string of the molecule is CC(C)OC(O)C(C)NP(=O)(OCC1OC(C2SC=C3C(=O)NC(N)C=NC32)C(C)(O)C1O)Oc1ccc(Cl)cc1. The molecule has 3 aliphatic heterocycles. The Labute approximate surface area is 247 Å². The van der Waals surface area contributed by atoms with Gasteiger partial charge in [-0.25, -0.2) is 9.65 Å². The van der Waals surface area contributed by atoms with Gasteiger partial charge in [-0.1, -0.05) is 11.6 Å². The number of nitrogens with one attached hydrogen (secondary N) is 2. The fourth-order valence-corrected chi connectivity index (χ4v) is 7.68. The van der Waals surface area contributed by atoms with Crippen molar-refractivity contribution in [3.05, 3.63) is 40.3 Å². The van der Waals surface area contributed by atoms with E-state index in [1.807, 2.05) is 0 Å². The second-order valence-corrected chi connectivity index (χ2v) is 13.7. The van der Waals surface area contributed by atoms with Gasteiger partial charge in [0, 0.05) is 16.8 Å². The molecule has 13 nitrogen and oxygen atoms in total. The van der Waals surface area contributed by atoms with Crippen molar-refractivity contribution in [2.45, 2.75) is 87.5 Å². The first kappa shape index (κ1) is 32.4. The number of thioether (sulfide) groups is 1. The molecule has 228 valence electrons. The maximum atomic E-state index is 13.9. The van der Waals surface area contributed by atoms with Crippen LogP contribution in [0.25, 0.3) is 0 Å². The van der Waals surface area contributed by atoms with Crippen LogP contribution in [0.3, 0.4) is 0 Å². The number of aliphatic hydroxyl groups is 3. The third-order valence-electron chi connectivity index (χ3n) is 6.75. The number of aliphatic hydroxyl groups excluding tert-OH is 2. The minimum atomic E-state index is -4.23. The lowest BCUT2D eigenvalue weighted by Gasteiger charge is -2.32. The zero-order valence-corrected chi connectivity index (χ0v) is 25.4. The van der Waals surface area contributed by atoms with Gasteiger partial charge in [-0.3, -0.25) is 14.3 Å². The number of aliphatic imine (C=N–C) groups is 1. The number of hydrogen-bond acceptors (Lipinski definition) is 12. The summed E-state index contributed by atoms with van der Waals surface area (Å²) in [6.07, 6.45) is -4.58. The summed E-state index contributed by atoms with van der Waals surface area (Å²) >= 11 is 7.20. The Morgan fingerprint density at radius 1 is 1.32 bits per heavy atom. The summed E-state index contributed by atoms with van der Waals surface area (Å²) in [7, 11) is -4.23. The van der Waals surface area contributed by atoms with Gasteiger partial charge in [-0.2, -0.15) is 0 Å². The molecule has 0 radical (unpaired) electrons. The van der Waals surface area contributed by atoms with Crippen molar-refractivity contribution in [3.63, 3.8) is 0 Å². The molecule has 1 aromatic rings. The summed E-state index contributed by atoms with van der Waals surface area (Å²) in [5.74, 6) is -0.213. The normalized spacial score (nSPS) is 34.4. The van der Waals surface area contributed by atoms with Gasteiger partial charge in [-0.05, 0) is 57.4 Å². The van der Waals surface area contributed by atoms with E-state index in [9.17, 15) is 24.7 Å². The highest BCUT2D eigenvalue weighted by atomic mass is 35.5. The molecule has 0 aliphatic carbocycles. The summed E-state index contributed by atoms with van der Waals surface area (Å²) < 4.78 is 36.7. The lowest BCUT2D eigenvalue weighted by Crippen LogP contribution is -2.51. The number of nitrogens with two attached hydrogens (primary N) is 1. The predicted octanol–water partition coefficient (Wildman–Crippen LogP) is 1.30. The molecule has 0 saturated carbocycles. The van der Waals surface area contributed by atoms with E-state index >= 15 is 0 Å². The molecule has 41 heavy (non-hydrogen) atoms. The van der Waals surface area contributed by atoms with Crippen LogP contribution in [0.5, 0.6) is 5.75 Å². The number of amides is 1. The minimum absolute atomic E-state index is 0.165. The number of nitrogens with zero attached hydrogens (tertiary/aromatic N) is 1. The van der Waals surface area contributed by atoms with Gasteiger partial charge in [0.25, 0.3) is 5.91 Å². The Balaban J connectivity index is 1.50. The van der Waals surface area contributed by atoms with E-state index in [-0.39, 0.29) is 17.8 Å². The van der Waals surface area contributed by atoms with E-state index in [0.717, 1.165) is 0 Å². The Hall–Kier alpha value is -1.55. The van der Waals surface area contributed by atoms with E-state index < -0.39 is 68.1 Å². The lowest BCUT2D eigenvalue weighted by molar-refractivity contribution is -0.138. The molecule has 1 fully saturated rings. The van der Waals surface area contributed by atoms with Crippen LogP contribution in [0.4, 0.5) is 0 Å². The van der Waals surface area contributed by atoms with Crippen LogP contribution in [-0.2, 0) is 23.4 Å². The van der Waals surface area contributed by atoms with Crippen molar-refractivity contribution >= 4 is 43.2 Å². The van der Waals surface area contributed by atoms with Crippen molar-refractivity contribution in [1.82, 2.24) is 10.4 Å². The van der Waals surface area contributed by atoms with E-state index in [0.29, 0.717) is 10.6 Å². The molecule has 1 aromatic carbocycles. The molecule has 10 unspecified atom stereocenters. The summed E-state index contributed by atoms with van der Waals surface area (Å²) in [6.45, 7) is 5.96. The Morgan fingerprint density at radius 2 is 2.00 bits per heavy atom. The smallest absolute Gasteiger partial charge is 0.413 e. The summed E-state index contributed by atoms with van der Waals surface area (Å²) in [6, 6.07) is 4.50. The second kappa shape index (κ2) is 13.0. The quantitative estimate of drug-likeness (QED) is 0.151. The maximum absolute atomic E-state index is 13.9. The largest absolute Gasteiger partial charge is 0.459 e. The van der Waals surface area contributed by atoms with Crippen LogP contribution >= 0.6 is 31.1 Å². The molecule has 0 aromatic heterocycles. The highest BCUT2D eigenvalue weighted by Crippen LogP contribution is 2.48. The van der Waals surface area contributed by atoms with Crippen molar-refractivity contribution in [2.24, 2.45) is 10.7 Å². The summed E-state index contributed by atoms with van der Waals surface area (Å²) in [5.41, 5.74) is 4.41. The van der Waals surface area contributed by atoms with Crippen molar-refractivity contribution in [1.29, 1.82) is 0 Å². The minimum Gasteiger partial charge on any atom is -0.413 e. The van der Waals surface area contributed by atoms with Crippen LogP contribution in [0.2, 0.25) is 5.02 Å². The molecule has 4 rings (SSSR count). The van der Waals surface area contributed by atoms with Gasteiger partial charge >= 0.3 is 7.75 Å². The van der Waals surface area contributed by atoms with Gasteiger partial charge in [-0.15, -0.1) is 11.8 Å². The fraction of sp³-hybridized carbons (Fsp3) is 0.600. The molecule has 10 atom stereocenters. The Bertz CT molecular complexity index is 1200. The van der Waals surface area contributed by atoms with E-state index in [1.165, 1.54) is 56.1 Å². The molecule has 1 saturated heterocycles. The van der Waals surface area contributed by atoms with Gasteiger partial charge in [0.2, 0.25) is 0 Å². The number of benzene rings is 1. The second-order valence-electron chi connectivity index (χ2n) is 10.5. The van der Waals surface area contributed by atoms with Crippen LogP contribution in [0, 0.1) is 0 Å². The molecule has 0 spiro atoms. The topological polar surface area (TPSA) is 194 Å². The number of ether oxygens (including phenoxy) is 2. The first-order valence-electron chi connectivity index (χ1n) is 13.0. The molecular formula is C25H36ClN4O9PS. The number of halogens is 1. The van der Waals surface area contributed by atoms with E-state index in [2.05, 4.69) is 15.4 Å². The predicted molar refractivity (Wildman–Crippen MR) is 154 cm³/mol. The van der Waals surface area contributed by atoms with Crippen LogP contribution in [-0.4, -0.2) is 93.9 Å². The van der Waals surface area contributed by atoms with Crippen molar-refractivity contribution in [3.8, 4) is 5.75 Å². The summed E-state index contributed by atoms with van der Waals surface area (Å²) in [4.78, 5) is 16.9. The number of rotatable bonds is 11. The number of carbonyl (C=O) groups excluding carboxylic acids is 1. The monoisotopic (exact) mass is 634 g/mol. The molecule has 1 amide bonds. The van der Waals surface area contributed by atoms with Gasteiger partial charge in [0.1, 0.15) is 35.8 Å². The highest BCUT2D eigenvalue weighted by molar-refractivity contribution is 8.03. The molecule has 16 heteroatoms. The first-order valence-corrected chi connectivity index (χ1v) is 15.9. The van der Waals surface area contributed by atoms with Crippen LogP contribution < -0.4 is 20.7 Å². The Kier molecular flexibility index (Phi) is 10.2. The van der Waals surface area contributed by atoms with Gasteiger partial charge < -0.3 is 40.4 Å². The third-order valence-corrected chi connectivity index (χ3v) is 9.87. The van der Waals surface area contributed by atoms with Crippen molar-refractivity contribution < 1.29 is 43.2 Å². The van der Waals surface area contributed by atoms with Crippen LogP contribution in [0.1, 0.15) is 27.7 Å². The lowest BCUT2D eigenvalue weighted by atomic mass is 9.87. The first-order chi connectivity index (χ1) is 19.2. The number of fused-ring (bicyclic) bond motifs is 1. The third kappa shape index (κ3) is 7.51. The standard InChI is InChI=1S/C25H36ClN4O9PS/c1-12(2)37-24(33)13(3)30-40(35,39-15-7-5-14(26)6-8-15)36-10-17-21(31)25(4,34)22(38-17)20-19-16(11-41-20)23(32)29-18(27)9-28-19/h5-9,11-13,17-22,24,31,33-34H,10,27H2,1-4H3,(H,29,32)(H,30,35). The van der Waals surface area contributed by atoms with Gasteiger partial charge in [0.15, 0.2) is 6.29 Å². The van der Waals surface area contributed by atoms with Gasteiger partial charge in [0.05, 0.1) is 30.0 Å². The van der Waals surface area contributed by atoms with E-state index in [1.54, 1.807) is 19.3 Å². The molecule has 0 bridgehead atoms. The zero-order chi connectivity index (χ0) is 30.1. The summed E-state index contributed by atoms with van der Waals surface area (Å²) in [5, 5.41) is 39.5.